The fraction of sp³-hybridized carbons (Fsp3) is 0.160. The van der Waals surface area contributed by atoms with Gasteiger partial charge in [-0.25, -0.2) is 0 Å². The molecular formula is C25H19ClN2O4S. The van der Waals surface area contributed by atoms with E-state index in [1.165, 1.54) is 18.3 Å². The minimum atomic E-state index is -0.669. The van der Waals surface area contributed by atoms with Crippen molar-refractivity contribution in [1.82, 2.24) is 4.57 Å². The number of aromatic nitrogens is 1. The van der Waals surface area contributed by atoms with Crippen LogP contribution in [-0.2, 0) is 6.54 Å². The molecule has 0 aliphatic carbocycles. The van der Waals surface area contributed by atoms with E-state index in [1.807, 2.05) is 31.2 Å². The molecule has 33 heavy (non-hydrogen) atoms. The molecule has 2 aromatic carbocycles. The van der Waals surface area contributed by atoms with Crippen molar-refractivity contribution in [2.24, 2.45) is 0 Å². The maximum absolute atomic E-state index is 13.6. The van der Waals surface area contributed by atoms with Crippen LogP contribution in [0.5, 0.6) is 11.6 Å². The number of carbonyl (C=O) groups is 1. The normalized spacial score (nSPS) is 10.9. The first-order valence-electron chi connectivity index (χ1n) is 9.99. The molecule has 8 heteroatoms. The van der Waals surface area contributed by atoms with Crippen LogP contribution in [0.1, 0.15) is 37.5 Å². The molecule has 0 unspecified atom stereocenters. The molecule has 4 rings (SSSR count). The van der Waals surface area contributed by atoms with Gasteiger partial charge in [0.2, 0.25) is 11.7 Å². The summed E-state index contributed by atoms with van der Waals surface area (Å²) in [6.45, 7) is 3.40. The van der Waals surface area contributed by atoms with Gasteiger partial charge >= 0.3 is 0 Å². The van der Waals surface area contributed by atoms with E-state index in [-0.39, 0.29) is 33.1 Å². The number of aromatic hydroxyl groups is 1. The number of hydrogen-bond acceptors (Lipinski definition) is 6. The van der Waals surface area contributed by atoms with Crippen LogP contribution in [0.25, 0.3) is 10.1 Å². The highest BCUT2D eigenvalue weighted by molar-refractivity contribution is 7.21. The van der Waals surface area contributed by atoms with Crippen molar-refractivity contribution in [3.63, 3.8) is 0 Å². The second-order valence-electron chi connectivity index (χ2n) is 7.62. The van der Waals surface area contributed by atoms with Gasteiger partial charge < -0.3 is 9.84 Å². The zero-order valence-corrected chi connectivity index (χ0v) is 19.7. The number of carbonyl (C=O) groups excluding carboxylic acids is 1. The highest BCUT2D eigenvalue weighted by Gasteiger charge is 2.28. The largest absolute Gasteiger partial charge is 0.497 e. The Labute approximate surface area is 198 Å². The highest BCUT2D eigenvalue weighted by Crippen LogP contribution is 2.38. The Morgan fingerprint density at radius 2 is 1.91 bits per heavy atom. The lowest BCUT2D eigenvalue weighted by Gasteiger charge is -2.15. The van der Waals surface area contributed by atoms with Crippen molar-refractivity contribution in [3.8, 4) is 17.7 Å². The number of ketones is 1. The summed E-state index contributed by atoms with van der Waals surface area (Å²) in [4.78, 5) is 26.7. The zero-order chi connectivity index (χ0) is 23.9. The topological polar surface area (TPSA) is 92.3 Å². The van der Waals surface area contributed by atoms with Crippen LogP contribution >= 0.6 is 22.9 Å². The Morgan fingerprint density at radius 1 is 1.21 bits per heavy atom. The van der Waals surface area contributed by atoms with Gasteiger partial charge in [0.15, 0.2) is 0 Å². The van der Waals surface area contributed by atoms with Crippen LogP contribution in [0.15, 0.2) is 47.3 Å². The smallest absolute Gasteiger partial charge is 0.271 e. The van der Waals surface area contributed by atoms with Crippen molar-refractivity contribution in [2.75, 3.05) is 7.11 Å². The molecule has 0 spiro atoms. The summed E-state index contributed by atoms with van der Waals surface area (Å²) in [6, 6.07) is 14.5. The molecular weight excluding hydrogens is 460 g/mol. The average Bonchev–Trinajstić information content (AvgIpc) is 3.12. The maximum atomic E-state index is 13.6. The van der Waals surface area contributed by atoms with Gasteiger partial charge in [-0.2, -0.15) is 5.26 Å². The summed E-state index contributed by atoms with van der Waals surface area (Å²) in [5.74, 6) is -0.390. The summed E-state index contributed by atoms with van der Waals surface area (Å²) in [6.07, 6.45) is 0. The Kier molecular flexibility index (Phi) is 5.98. The van der Waals surface area contributed by atoms with Gasteiger partial charge in [-0.1, -0.05) is 35.9 Å². The molecule has 0 saturated carbocycles. The second kappa shape index (κ2) is 8.74. The molecule has 0 fully saturated rings. The van der Waals surface area contributed by atoms with Crippen molar-refractivity contribution in [2.45, 2.75) is 20.4 Å². The van der Waals surface area contributed by atoms with Crippen LogP contribution in [0.2, 0.25) is 5.02 Å². The zero-order valence-electron chi connectivity index (χ0n) is 18.1. The first-order valence-corrected chi connectivity index (χ1v) is 11.2. The van der Waals surface area contributed by atoms with Crippen molar-refractivity contribution in [3.05, 3.63) is 90.5 Å². The fourth-order valence-corrected chi connectivity index (χ4v) is 5.28. The lowest BCUT2D eigenvalue weighted by atomic mass is 10.00. The number of aryl methyl sites for hydroxylation is 1. The van der Waals surface area contributed by atoms with Gasteiger partial charge in [-0.15, -0.1) is 11.3 Å². The van der Waals surface area contributed by atoms with E-state index in [9.17, 15) is 20.0 Å². The van der Waals surface area contributed by atoms with Crippen LogP contribution in [0.3, 0.4) is 0 Å². The van der Waals surface area contributed by atoms with Crippen molar-refractivity contribution in [1.29, 1.82) is 5.26 Å². The third-order valence-electron chi connectivity index (χ3n) is 5.52. The Hall–Kier alpha value is -3.60. The number of thiophene rings is 1. The number of rotatable bonds is 5. The molecule has 0 radical (unpaired) electrons. The van der Waals surface area contributed by atoms with Crippen molar-refractivity contribution >= 4 is 38.8 Å². The lowest BCUT2D eigenvalue weighted by molar-refractivity contribution is 0.103. The average molecular weight is 479 g/mol. The molecule has 2 aromatic heterocycles. The number of nitrogens with zero attached hydrogens (tertiary/aromatic N) is 2. The Bertz CT molecular complexity index is 1510. The van der Waals surface area contributed by atoms with Gasteiger partial charge in [0, 0.05) is 10.1 Å². The molecule has 0 amide bonds. The maximum Gasteiger partial charge on any atom is 0.271 e. The van der Waals surface area contributed by atoms with Crippen LogP contribution < -0.4 is 10.3 Å². The molecule has 0 saturated heterocycles. The molecule has 4 aromatic rings. The van der Waals surface area contributed by atoms with Crippen LogP contribution in [-0.4, -0.2) is 22.6 Å². The predicted octanol–water partition coefficient (Wildman–Crippen LogP) is 5.20. The Morgan fingerprint density at radius 3 is 2.55 bits per heavy atom. The van der Waals surface area contributed by atoms with Gasteiger partial charge in [-0.3, -0.25) is 14.2 Å². The number of fused-ring (bicyclic) bond motifs is 1. The first-order chi connectivity index (χ1) is 15.8. The summed E-state index contributed by atoms with van der Waals surface area (Å²) < 4.78 is 7.02. The fourth-order valence-electron chi connectivity index (χ4n) is 3.71. The van der Waals surface area contributed by atoms with E-state index >= 15 is 0 Å². The molecule has 1 N–H and O–H groups in total. The second-order valence-corrected chi connectivity index (χ2v) is 9.05. The molecule has 0 aliphatic heterocycles. The lowest BCUT2D eigenvalue weighted by Crippen LogP contribution is -2.27. The molecule has 6 nitrogen and oxygen atoms in total. The third-order valence-corrected chi connectivity index (χ3v) is 7.17. The van der Waals surface area contributed by atoms with E-state index in [0.717, 1.165) is 20.2 Å². The number of benzene rings is 2. The van der Waals surface area contributed by atoms with Gasteiger partial charge in [0.25, 0.3) is 5.56 Å². The summed E-state index contributed by atoms with van der Waals surface area (Å²) in [7, 11) is 1.54. The number of methoxy groups -OCH3 is 1. The molecule has 0 aliphatic rings. The highest BCUT2D eigenvalue weighted by atomic mass is 35.5. The van der Waals surface area contributed by atoms with Gasteiger partial charge in [-0.05, 0) is 48.7 Å². The van der Waals surface area contributed by atoms with Gasteiger partial charge in [0.1, 0.15) is 17.4 Å². The molecule has 0 bridgehead atoms. The number of ether oxygens (including phenoxy) is 1. The standard InChI is InChI=1S/C25H19ClN2O4S/c1-13-4-9-17-19(10-13)33-23(21(17)26)22(29)20-14(2)18(11-27)24(30)28(25(20)31)12-15-5-7-16(32-3)8-6-15/h4-10,31H,12H2,1-3H3. The van der Waals surface area contributed by atoms with Crippen molar-refractivity contribution < 1.29 is 14.6 Å². The number of pyridine rings is 1. The quantitative estimate of drug-likeness (QED) is 0.398. The minimum Gasteiger partial charge on any atom is -0.497 e. The van der Waals surface area contributed by atoms with E-state index in [1.54, 1.807) is 31.4 Å². The monoisotopic (exact) mass is 478 g/mol. The van der Waals surface area contributed by atoms with Crippen LogP contribution in [0.4, 0.5) is 0 Å². The summed E-state index contributed by atoms with van der Waals surface area (Å²) >= 11 is 7.74. The SMILES string of the molecule is COc1ccc(Cn2c(O)c(C(=O)c3sc4cc(C)ccc4c3Cl)c(C)c(C#N)c2=O)cc1. The number of halogens is 1. The van der Waals surface area contributed by atoms with Gasteiger partial charge in [0.05, 0.1) is 29.1 Å². The third kappa shape index (κ3) is 3.88. The summed E-state index contributed by atoms with van der Waals surface area (Å²) in [5.41, 5.74) is 0.870. The molecule has 166 valence electrons. The predicted molar refractivity (Wildman–Crippen MR) is 129 cm³/mol. The van der Waals surface area contributed by atoms with E-state index in [4.69, 9.17) is 16.3 Å². The minimum absolute atomic E-state index is 0.0246. The van der Waals surface area contributed by atoms with E-state index in [2.05, 4.69) is 0 Å². The first kappa shape index (κ1) is 22.6. The van der Waals surface area contributed by atoms with Crippen LogP contribution in [0, 0.1) is 25.2 Å². The van der Waals surface area contributed by atoms with E-state index in [0.29, 0.717) is 11.3 Å². The molecule has 2 heterocycles. The molecule has 0 atom stereocenters. The summed E-state index contributed by atoms with van der Waals surface area (Å²) in [5, 5.41) is 21.7. The van der Waals surface area contributed by atoms with E-state index < -0.39 is 17.2 Å². The number of nitriles is 1. The Balaban J connectivity index is 1.89. The number of hydrogen-bond donors (Lipinski definition) is 1.